The highest BCUT2D eigenvalue weighted by Gasteiger charge is 2.23. The Kier molecular flexibility index (Phi) is 7.64. The van der Waals surface area contributed by atoms with E-state index in [9.17, 15) is 9.59 Å². The molecule has 0 radical (unpaired) electrons. The van der Waals surface area contributed by atoms with Gasteiger partial charge >= 0.3 is 5.97 Å². The fourth-order valence-corrected chi connectivity index (χ4v) is 3.17. The molecule has 0 aliphatic carbocycles. The van der Waals surface area contributed by atoms with Gasteiger partial charge in [-0.25, -0.2) is 4.79 Å². The molecule has 8 nitrogen and oxygen atoms in total. The number of rotatable bonds is 10. The first-order chi connectivity index (χ1) is 15.0. The highest BCUT2D eigenvalue weighted by molar-refractivity contribution is 6.06. The number of aromatic nitrogens is 1. The number of carbonyl (C=O) groups excluding carboxylic acids is 2. The van der Waals surface area contributed by atoms with Crippen molar-refractivity contribution in [3.8, 4) is 0 Å². The van der Waals surface area contributed by atoms with Crippen molar-refractivity contribution in [3.05, 3.63) is 76.5 Å². The van der Waals surface area contributed by atoms with Crippen LogP contribution in [0.2, 0.25) is 0 Å². The van der Waals surface area contributed by atoms with E-state index in [1.165, 1.54) is 7.11 Å². The molecule has 0 spiro atoms. The minimum atomic E-state index is -0.488. The molecule has 1 amide bonds. The molecule has 8 heteroatoms. The van der Waals surface area contributed by atoms with Crippen LogP contribution in [-0.4, -0.2) is 37.2 Å². The minimum Gasteiger partial charge on any atom is -0.467 e. The molecule has 2 N–H and O–H groups in total. The molecule has 164 valence electrons. The van der Waals surface area contributed by atoms with Gasteiger partial charge in [-0.3, -0.25) is 4.79 Å². The molecule has 0 bridgehead atoms. The number of ether oxygens (including phenoxy) is 3. The lowest BCUT2D eigenvalue weighted by molar-refractivity contribution is 0.0387. The molecule has 0 saturated carbocycles. The van der Waals surface area contributed by atoms with Crippen LogP contribution in [0.1, 0.15) is 43.4 Å². The van der Waals surface area contributed by atoms with E-state index in [2.05, 4.69) is 10.3 Å². The summed E-state index contributed by atoms with van der Waals surface area (Å²) in [5, 5.41) is 2.86. The zero-order chi connectivity index (χ0) is 22.2. The molecular weight excluding hydrogens is 400 g/mol. The Morgan fingerprint density at radius 2 is 1.94 bits per heavy atom. The smallest absolute Gasteiger partial charge is 0.340 e. The molecule has 31 heavy (non-hydrogen) atoms. The largest absolute Gasteiger partial charge is 0.467 e. The van der Waals surface area contributed by atoms with E-state index in [4.69, 9.17) is 18.6 Å². The van der Waals surface area contributed by atoms with Gasteiger partial charge in [-0.1, -0.05) is 12.1 Å². The Bertz CT molecular complexity index is 1020. The Morgan fingerprint density at radius 1 is 1.10 bits per heavy atom. The van der Waals surface area contributed by atoms with Crippen LogP contribution in [0.15, 0.2) is 47.1 Å². The van der Waals surface area contributed by atoms with E-state index < -0.39 is 5.97 Å². The van der Waals surface area contributed by atoms with Gasteiger partial charge in [0.05, 0.1) is 25.0 Å². The molecule has 3 aromatic rings. The highest BCUT2D eigenvalue weighted by atomic mass is 16.6. The van der Waals surface area contributed by atoms with E-state index in [1.54, 1.807) is 26.2 Å². The number of benzene rings is 1. The third-order valence-corrected chi connectivity index (χ3v) is 4.67. The first-order valence-electron chi connectivity index (χ1n) is 9.85. The van der Waals surface area contributed by atoms with Crippen LogP contribution in [0.5, 0.6) is 0 Å². The number of hydrogen-bond donors (Lipinski definition) is 2. The van der Waals surface area contributed by atoms with Crippen molar-refractivity contribution in [2.45, 2.75) is 27.1 Å². The van der Waals surface area contributed by atoms with Gasteiger partial charge in [0, 0.05) is 18.5 Å². The molecular formula is C23H26N2O6. The first kappa shape index (κ1) is 22.3. The number of methoxy groups -OCH3 is 1. The van der Waals surface area contributed by atoms with E-state index in [0.717, 1.165) is 11.3 Å². The summed E-state index contributed by atoms with van der Waals surface area (Å²) in [7, 11) is 1.53. The molecule has 0 atom stereocenters. The highest BCUT2D eigenvalue weighted by Crippen LogP contribution is 2.21. The normalized spacial score (nSPS) is 10.8. The van der Waals surface area contributed by atoms with Crippen LogP contribution in [0, 0.1) is 13.8 Å². The maximum Gasteiger partial charge on any atom is 0.340 e. The number of aryl methyl sites for hydroxylation is 1. The van der Waals surface area contributed by atoms with Crippen molar-refractivity contribution in [1.29, 1.82) is 0 Å². The predicted molar refractivity (Wildman–Crippen MR) is 114 cm³/mol. The Labute approximate surface area is 180 Å². The second-order valence-electron chi connectivity index (χ2n) is 6.98. The van der Waals surface area contributed by atoms with E-state index in [-0.39, 0.29) is 12.5 Å². The third kappa shape index (κ3) is 5.84. The lowest BCUT2D eigenvalue weighted by atomic mass is 10.1. The van der Waals surface area contributed by atoms with Crippen molar-refractivity contribution < 1.29 is 28.2 Å². The van der Waals surface area contributed by atoms with E-state index in [1.807, 2.05) is 30.3 Å². The van der Waals surface area contributed by atoms with Gasteiger partial charge in [-0.05, 0) is 49.2 Å². The molecule has 0 aliphatic heterocycles. The zero-order valence-corrected chi connectivity index (χ0v) is 17.8. The van der Waals surface area contributed by atoms with Crippen molar-refractivity contribution >= 4 is 17.6 Å². The van der Waals surface area contributed by atoms with Gasteiger partial charge in [-0.15, -0.1) is 0 Å². The van der Waals surface area contributed by atoms with Gasteiger partial charge in [0.1, 0.15) is 24.7 Å². The SMILES string of the molecule is COCCOC(=O)c1c(C)[nH]c(C(=O)Nc2cccc(COCc3ccco3)c2)c1C. The molecule has 3 rings (SSSR count). The number of aromatic amines is 1. The monoisotopic (exact) mass is 426 g/mol. The number of H-pyrrole nitrogens is 1. The Balaban J connectivity index is 1.63. The number of furan rings is 1. The Hall–Kier alpha value is -3.36. The fourth-order valence-electron chi connectivity index (χ4n) is 3.17. The number of nitrogens with one attached hydrogen (secondary N) is 2. The van der Waals surface area contributed by atoms with Crippen molar-refractivity contribution in [2.24, 2.45) is 0 Å². The number of amides is 1. The van der Waals surface area contributed by atoms with Crippen LogP contribution >= 0.6 is 0 Å². The average Bonchev–Trinajstić information content (AvgIpc) is 3.36. The number of hydrogen-bond acceptors (Lipinski definition) is 6. The van der Waals surface area contributed by atoms with Crippen molar-refractivity contribution in [2.75, 3.05) is 25.6 Å². The molecule has 2 aromatic heterocycles. The molecule has 0 fully saturated rings. The molecule has 1 aromatic carbocycles. The van der Waals surface area contributed by atoms with Gasteiger partial charge in [0.15, 0.2) is 0 Å². The molecule has 0 aliphatic rings. The van der Waals surface area contributed by atoms with Crippen molar-refractivity contribution in [3.63, 3.8) is 0 Å². The van der Waals surface area contributed by atoms with Crippen LogP contribution in [0.4, 0.5) is 5.69 Å². The van der Waals surface area contributed by atoms with Crippen LogP contribution < -0.4 is 5.32 Å². The zero-order valence-electron chi connectivity index (χ0n) is 17.8. The number of anilines is 1. The average molecular weight is 426 g/mol. The van der Waals surface area contributed by atoms with Crippen molar-refractivity contribution in [1.82, 2.24) is 4.98 Å². The Morgan fingerprint density at radius 3 is 2.68 bits per heavy atom. The summed E-state index contributed by atoms with van der Waals surface area (Å²) in [5.41, 5.74) is 3.32. The van der Waals surface area contributed by atoms with Gasteiger partial charge in [0.2, 0.25) is 0 Å². The maximum absolute atomic E-state index is 12.8. The predicted octanol–water partition coefficient (Wildman–Crippen LogP) is 4.00. The quantitative estimate of drug-likeness (QED) is 0.375. The summed E-state index contributed by atoms with van der Waals surface area (Å²) in [4.78, 5) is 28.1. The molecule has 0 unspecified atom stereocenters. The van der Waals surface area contributed by atoms with Gasteiger partial charge in [0.25, 0.3) is 5.91 Å². The van der Waals surface area contributed by atoms with Gasteiger partial charge < -0.3 is 28.9 Å². The minimum absolute atomic E-state index is 0.149. The fraction of sp³-hybridized carbons (Fsp3) is 0.304. The van der Waals surface area contributed by atoms with E-state index >= 15 is 0 Å². The van der Waals surface area contributed by atoms with Gasteiger partial charge in [-0.2, -0.15) is 0 Å². The number of carbonyl (C=O) groups is 2. The van der Waals surface area contributed by atoms with Crippen LogP contribution in [-0.2, 0) is 27.4 Å². The van der Waals surface area contributed by atoms with Crippen LogP contribution in [0.25, 0.3) is 0 Å². The third-order valence-electron chi connectivity index (χ3n) is 4.67. The second kappa shape index (κ2) is 10.6. The topological polar surface area (TPSA) is 103 Å². The standard InChI is InChI=1S/C23H26N2O6/c1-15-20(23(27)31-11-10-28-3)16(2)24-21(15)22(26)25-18-7-4-6-17(12-18)13-29-14-19-8-5-9-30-19/h4-9,12,24H,10-11,13-14H2,1-3H3,(H,25,26). The summed E-state index contributed by atoms with van der Waals surface area (Å²) >= 11 is 0. The molecule has 2 heterocycles. The second-order valence-corrected chi connectivity index (χ2v) is 6.98. The summed E-state index contributed by atoms with van der Waals surface area (Å²) in [6.45, 7) is 4.65. The summed E-state index contributed by atoms with van der Waals surface area (Å²) < 4.78 is 21.0. The van der Waals surface area contributed by atoms with E-state index in [0.29, 0.717) is 48.0 Å². The lowest BCUT2D eigenvalue weighted by Gasteiger charge is -2.08. The number of esters is 1. The maximum atomic E-state index is 12.8. The summed E-state index contributed by atoms with van der Waals surface area (Å²) in [5.74, 6) is -0.0816. The van der Waals surface area contributed by atoms with Crippen LogP contribution in [0.3, 0.4) is 0 Å². The first-order valence-corrected chi connectivity index (χ1v) is 9.85. The molecule has 0 saturated heterocycles. The summed E-state index contributed by atoms with van der Waals surface area (Å²) in [6.07, 6.45) is 1.60. The summed E-state index contributed by atoms with van der Waals surface area (Å²) in [6, 6.07) is 11.0. The lowest BCUT2D eigenvalue weighted by Crippen LogP contribution is -2.15.